The van der Waals surface area contributed by atoms with Gasteiger partial charge >= 0.3 is 0 Å². The Labute approximate surface area is 176 Å². The highest BCUT2D eigenvalue weighted by Crippen LogP contribution is 2.36. The van der Waals surface area contributed by atoms with Gasteiger partial charge in [0.2, 0.25) is 0 Å². The standard InChI is InChI=1S/C24H28N4O2/c1-15-9-22(30-3)16(2)8-18(15)13-27-11-17-10-19(14-27)21-5-4-20(23-25-6-7-26-23)24(29)28(21)12-17/h4-9,17,19H,10-14H2,1-3H3,(H,25,26)/t17-,19+/m0/s1. The molecule has 0 saturated carbocycles. The van der Waals surface area contributed by atoms with Crippen molar-refractivity contribution < 1.29 is 4.74 Å². The van der Waals surface area contributed by atoms with Gasteiger partial charge in [-0.05, 0) is 61.1 Å². The monoisotopic (exact) mass is 404 g/mol. The highest BCUT2D eigenvalue weighted by molar-refractivity contribution is 5.53. The molecule has 2 aliphatic heterocycles. The molecule has 0 aliphatic carbocycles. The van der Waals surface area contributed by atoms with E-state index in [9.17, 15) is 4.79 Å². The number of H-pyrrole nitrogens is 1. The van der Waals surface area contributed by atoms with Gasteiger partial charge < -0.3 is 14.3 Å². The molecule has 0 amide bonds. The van der Waals surface area contributed by atoms with E-state index >= 15 is 0 Å². The zero-order valence-corrected chi connectivity index (χ0v) is 17.8. The van der Waals surface area contributed by atoms with Gasteiger partial charge in [-0.2, -0.15) is 0 Å². The summed E-state index contributed by atoms with van der Waals surface area (Å²) in [5.41, 5.74) is 5.71. The Bertz CT molecular complexity index is 1130. The lowest BCUT2D eigenvalue weighted by Crippen LogP contribution is -2.47. The Morgan fingerprint density at radius 3 is 2.80 bits per heavy atom. The quantitative estimate of drug-likeness (QED) is 0.723. The molecule has 1 saturated heterocycles. The van der Waals surface area contributed by atoms with Gasteiger partial charge in [0.15, 0.2) is 0 Å². The van der Waals surface area contributed by atoms with E-state index in [0.29, 0.717) is 23.2 Å². The number of methoxy groups -OCH3 is 1. The lowest BCUT2D eigenvalue weighted by molar-refractivity contribution is 0.114. The number of ether oxygens (including phenoxy) is 1. The topological polar surface area (TPSA) is 63.1 Å². The lowest BCUT2D eigenvalue weighted by Gasteiger charge is -2.43. The van der Waals surface area contributed by atoms with Crippen LogP contribution in [-0.4, -0.2) is 39.6 Å². The molecule has 2 bridgehead atoms. The van der Waals surface area contributed by atoms with Crippen LogP contribution in [0.2, 0.25) is 0 Å². The van der Waals surface area contributed by atoms with Crippen LogP contribution in [0.15, 0.2) is 41.5 Å². The minimum absolute atomic E-state index is 0.0761. The van der Waals surface area contributed by atoms with Crippen LogP contribution < -0.4 is 10.3 Å². The molecule has 0 radical (unpaired) electrons. The summed E-state index contributed by atoms with van der Waals surface area (Å²) in [5, 5.41) is 0. The third kappa shape index (κ3) is 3.25. The number of imidazole rings is 1. The smallest absolute Gasteiger partial charge is 0.261 e. The van der Waals surface area contributed by atoms with Crippen LogP contribution in [0.4, 0.5) is 0 Å². The molecule has 6 heteroatoms. The second kappa shape index (κ2) is 7.43. The zero-order chi connectivity index (χ0) is 20.8. The number of aryl methyl sites for hydroxylation is 2. The van der Waals surface area contributed by atoms with Crippen LogP contribution in [0.1, 0.15) is 34.7 Å². The van der Waals surface area contributed by atoms with E-state index in [1.807, 2.05) is 10.6 Å². The second-order valence-corrected chi connectivity index (χ2v) is 8.77. The molecule has 156 valence electrons. The van der Waals surface area contributed by atoms with Crippen LogP contribution in [0.25, 0.3) is 11.4 Å². The van der Waals surface area contributed by atoms with E-state index in [4.69, 9.17) is 4.74 Å². The highest BCUT2D eigenvalue weighted by atomic mass is 16.5. The predicted octanol–water partition coefficient (Wildman–Crippen LogP) is 3.48. The van der Waals surface area contributed by atoms with Crippen LogP contribution in [0.5, 0.6) is 5.75 Å². The molecule has 1 N–H and O–H groups in total. The van der Waals surface area contributed by atoms with Crippen molar-refractivity contribution in [3.8, 4) is 17.1 Å². The first-order valence-electron chi connectivity index (χ1n) is 10.6. The summed E-state index contributed by atoms with van der Waals surface area (Å²) in [7, 11) is 1.73. The van der Waals surface area contributed by atoms with Gasteiger partial charge in [-0.3, -0.25) is 9.69 Å². The van der Waals surface area contributed by atoms with E-state index in [-0.39, 0.29) is 5.56 Å². The fourth-order valence-electron chi connectivity index (χ4n) is 5.25. The van der Waals surface area contributed by atoms with E-state index < -0.39 is 0 Å². The van der Waals surface area contributed by atoms with Crippen molar-refractivity contribution in [3.63, 3.8) is 0 Å². The molecular weight excluding hydrogens is 376 g/mol. The molecule has 0 unspecified atom stereocenters. The number of aromatic amines is 1. The van der Waals surface area contributed by atoms with E-state index in [1.54, 1.807) is 19.5 Å². The highest BCUT2D eigenvalue weighted by Gasteiger charge is 2.35. The maximum Gasteiger partial charge on any atom is 0.261 e. The molecule has 2 aliphatic rings. The Kier molecular flexibility index (Phi) is 4.74. The summed E-state index contributed by atoms with van der Waals surface area (Å²) in [6.07, 6.45) is 4.61. The Hall–Kier alpha value is -2.86. The number of aromatic nitrogens is 3. The van der Waals surface area contributed by atoms with Crippen molar-refractivity contribution in [1.82, 2.24) is 19.4 Å². The van der Waals surface area contributed by atoms with Gasteiger partial charge in [-0.1, -0.05) is 6.07 Å². The lowest BCUT2D eigenvalue weighted by atomic mass is 9.82. The normalized spacial score (nSPS) is 20.8. The number of benzene rings is 1. The molecule has 1 fully saturated rings. The number of nitrogens with zero attached hydrogens (tertiary/aromatic N) is 3. The molecule has 6 nitrogen and oxygen atoms in total. The fraction of sp³-hybridized carbons (Fsp3) is 0.417. The number of rotatable bonds is 4. The maximum atomic E-state index is 13.1. The summed E-state index contributed by atoms with van der Waals surface area (Å²) in [4.78, 5) is 23.0. The molecule has 1 aromatic carbocycles. The van der Waals surface area contributed by atoms with Crippen LogP contribution in [0, 0.1) is 19.8 Å². The van der Waals surface area contributed by atoms with Crippen molar-refractivity contribution in [3.05, 3.63) is 69.4 Å². The predicted molar refractivity (Wildman–Crippen MR) is 117 cm³/mol. The minimum atomic E-state index is 0.0761. The van der Waals surface area contributed by atoms with Crippen molar-refractivity contribution >= 4 is 0 Å². The number of hydrogen-bond donors (Lipinski definition) is 1. The summed E-state index contributed by atoms with van der Waals surface area (Å²) < 4.78 is 7.46. The molecule has 5 rings (SSSR count). The van der Waals surface area contributed by atoms with Crippen LogP contribution in [-0.2, 0) is 13.1 Å². The van der Waals surface area contributed by atoms with Gasteiger partial charge in [0.25, 0.3) is 5.56 Å². The van der Waals surface area contributed by atoms with Gasteiger partial charge in [0, 0.05) is 50.2 Å². The van der Waals surface area contributed by atoms with E-state index in [0.717, 1.165) is 38.3 Å². The first-order valence-corrected chi connectivity index (χ1v) is 10.6. The van der Waals surface area contributed by atoms with Crippen LogP contribution in [0.3, 0.4) is 0 Å². The second-order valence-electron chi connectivity index (χ2n) is 8.77. The number of nitrogens with one attached hydrogen (secondary N) is 1. The summed E-state index contributed by atoms with van der Waals surface area (Å²) in [6, 6.07) is 8.46. The first kappa shape index (κ1) is 19.1. The van der Waals surface area contributed by atoms with Gasteiger partial charge in [0.05, 0.1) is 12.7 Å². The average molecular weight is 405 g/mol. The number of likely N-dealkylation sites (tertiary alicyclic amines) is 1. The number of pyridine rings is 1. The minimum Gasteiger partial charge on any atom is -0.496 e. The van der Waals surface area contributed by atoms with Gasteiger partial charge in [-0.25, -0.2) is 4.98 Å². The van der Waals surface area contributed by atoms with E-state index in [1.165, 1.54) is 22.4 Å². The first-order chi connectivity index (χ1) is 14.5. The summed E-state index contributed by atoms with van der Waals surface area (Å²) in [5.74, 6) is 2.50. The maximum absolute atomic E-state index is 13.1. The molecular formula is C24H28N4O2. The third-order valence-corrected chi connectivity index (χ3v) is 6.68. The zero-order valence-electron chi connectivity index (χ0n) is 17.8. The Morgan fingerprint density at radius 1 is 1.17 bits per heavy atom. The number of piperidine rings is 1. The fourth-order valence-corrected chi connectivity index (χ4v) is 5.25. The largest absolute Gasteiger partial charge is 0.496 e. The van der Waals surface area contributed by atoms with E-state index in [2.05, 4.69) is 46.9 Å². The number of fused-ring (bicyclic) bond motifs is 4. The van der Waals surface area contributed by atoms with Crippen molar-refractivity contribution in [1.29, 1.82) is 0 Å². The molecule has 30 heavy (non-hydrogen) atoms. The van der Waals surface area contributed by atoms with Gasteiger partial charge in [0.1, 0.15) is 11.6 Å². The average Bonchev–Trinajstić information content (AvgIpc) is 3.26. The molecule has 4 heterocycles. The molecule has 0 spiro atoms. The summed E-state index contributed by atoms with van der Waals surface area (Å²) in [6.45, 7) is 8.01. The Balaban J connectivity index is 1.41. The van der Waals surface area contributed by atoms with Crippen molar-refractivity contribution in [2.75, 3.05) is 20.2 Å². The molecule has 2 atom stereocenters. The molecule has 3 aromatic rings. The number of hydrogen-bond acceptors (Lipinski definition) is 4. The molecule has 2 aromatic heterocycles. The Morgan fingerprint density at radius 2 is 2.03 bits per heavy atom. The van der Waals surface area contributed by atoms with Crippen molar-refractivity contribution in [2.45, 2.75) is 39.3 Å². The van der Waals surface area contributed by atoms with Crippen molar-refractivity contribution in [2.24, 2.45) is 5.92 Å². The van der Waals surface area contributed by atoms with Crippen LogP contribution >= 0.6 is 0 Å². The SMILES string of the molecule is COc1cc(C)c(CN2C[C@@H]3C[C@H](C2)c2ccc(-c4ncc[nH]4)c(=O)n2C3)cc1C. The van der Waals surface area contributed by atoms with Gasteiger partial charge in [-0.15, -0.1) is 0 Å². The summed E-state index contributed by atoms with van der Waals surface area (Å²) >= 11 is 0. The third-order valence-electron chi connectivity index (χ3n) is 6.68.